The van der Waals surface area contributed by atoms with Crippen LogP contribution in [0.5, 0.6) is 0 Å². The van der Waals surface area contributed by atoms with E-state index in [1.165, 1.54) is 0 Å². The molecule has 0 saturated carbocycles. The first kappa shape index (κ1) is 17.0. The van der Waals surface area contributed by atoms with Crippen molar-refractivity contribution < 1.29 is 9.59 Å². The number of halogens is 2. The summed E-state index contributed by atoms with van der Waals surface area (Å²) in [7, 11) is 0. The van der Waals surface area contributed by atoms with Crippen molar-refractivity contribution in [2.75, 3.05) is 0 Å². The normalized spacial score (nSPS) is 11.4. The van der Waals surface area contributed by atoms with E-state index >= 15 is 0 Å². The molecule has 0 N–H and O–H groups in total. The molecule has 4 heteroatoms. The first-order chi connectivity index (χ1) is 12.4. The SMILES string of the molecule is Cc1cccc2c(C(=O)Cl)cc3cc(C(=O)Cl)c4cccc(C)c4c3c12. The molecule has 0 aromatic heterocycles. The lowest BCUT2D eigenvalue weighted by molar-refractivity contribution is 0.107. The van der Waals surface area contributed by atoms with Crippen LogP contribution in [0.1, 0.15) is 31.8 Å². The summed E-state index contributed by atoms with van der Waals surface area (Å²) < 4.78 is 0. The van der Waals surface area contributed by atoms with Gasteiger partial charge < -0.3 is 0 Å². The van der Waals surface area contributed by atoms with Crippen LogP contribution in [0.4, 0.5) is 0 Å². The molecular formula is C22H14Cl2O2. The molecule has 2 nitrogen and oxygen atoms in total. The van der Waals surface area contributed by atoms with Gasteiger partial charge in [0.2, 0.25) is 0 Å². The predicted molar refractivity (Wildman–Crippen MR) is 109 cm³/mol. The number of aryl methyl sites for hydroxylation is 2. The molecule has 0 amide bonds. The molecule has 0 atom stereocenters. The van der Waals surface area contributed by atoms with E-state index in [9.17, 15) is 9.59 Å². The Kier molecular flexibility index (Phi) is 3.98. The Morgan fingerprint density at radius 2 is 1.12 bits per heavy atom. The lowest BCUT2D eigenvalue weighted by Crippen LogP contribution is -1.98. The first-order valence-electron chi connectivity index (χ1n) is 8.18. The highest BCUT2D eigenvalue weighted by Crippen LogP contribution is 2.39. The Labute approximate surface area is 160 Å². The fourth-order valence-corrected chi connectivity index (χ4v) is 4.15. The van der Waals surface area contributed by atoms with Crippen molar-refractivity contribution in [2.24, 2.45) is 0 Å². The van der Waals surface area contributed by atoms with Gasteiger partial charge in [0.05, 0.1) is 0 Å². The van der Waals surface area contributed by atoms with Crippen molar-refractivity contribution in [3.63, 3.8) is 0 Å². The molecule has 4 aromatic rings. The number of hydrogen-bond donors (Lipinski definition) is 0. The highest BCUT2D eigenvalue weighted by Gasteiger charge is 2.19. The number of carbonyl (C=O) groups excluding carboxylic acids is 2. The van der Waals surface area contributed by atoms with Crippen LogP contribution in [-0.2, 0) is 0 Å². The van der Waals surface area contributed by atoms with Gasteiger partial charge in [-0.25, -0.2) is 0 Å². The maximum atomic E-state index is 12.0. The molecule has 128 valence electrons. The van der Waals surface area contributed by atoms with Gasteiger partial charge in [-0.15, -0.1) is 0 Å². The van der Waals surface area contributed by atoms with Crippen LogP contribution in [0, 0.1) is 13.8 Å². The summed E-state index contributed by atoms with van der Waals surface area (Å²) in [5.41, 5.74) is 2.95. The highest BCUT2D eigenvalue weighted by atomic mass is 35.5. The highest BCUT2D eigenvalue weighted by molar-refractivity contribution is 6.69. The Morgan fingerprint density at radius 3 is 1.50 bits per heavy atom. The number of fused-ring (bicyclic) bond motifs is 5. The van der Waals surface area contributed by atoms with Crippen molar-refractivity contribution in [3.05, 3.63) is 70.8 Å². The minimum absolute atomic E-state index is 0.429. The summed E-state index contributed by atoms with van der Waals surface area (Å²) in [5.74, 6) is 0. The summed E-state index contributed by atoms with van der Waals surface area (Å²) in [4.78, 5) is 24.1. The van der Waals surface area contributed by atoms with Crippen molar-refractivity contribution in [2.45, 2.75) is 13.8 Å². The van der Waals surface area contributed by atoms with E-state index in [0.29, 0.717) is 11.1 Å². The van der Waals surface area contributed by atoms with E-state index in [1.807, 2.05) is 50.2 Å². The molecule has 0 aliphatic heterocycles. The van der Waals surface area contributed by atoms with Crippen LogP contribution in [0.2, 0.25) is 0 Å². The number of carbonyl (C=O) groups is 2. The third kappa shape index (κ3) is 2.41. The van der Waals surface area contributed by atoms with Crippen molar-refractivity contribution in [1.29, 1.82) is 0 Å². The van der Waals surface area contributed by atoms with E-state index < -0.39 is 10.5 Å². The molecule has 0 spiro atoms. The first-order valence-corrected chi connectivity index (χ1v) is 8.93. The van der Waals surface area contributed by atoms with E-state index in [2.05, 4.69) is 0 Å². The quantitative estimate of drug-likeness (QED) is 0.293. The fourth-order valence-electron chi connectivity index (χ4n) is 3.84. The Morgan fingerprint density at radius 1 is 0.692 bits per heavy atom. The van der Waals surface area contributed by atoms with Gasteiger partial charge >= 0.3 is 0 Å². The van der Waals surface area contributed by atoms with E-state index in [1.54, 1.807) is 12.1 Å². The molecule has 26 heavy (non-hydrogen) atoms. The Hall–Kier alpha value is -2.42. The maximum absolute atomic E-state index is 12.0. The summed E-state index contributed by atoms with van der Waals surface area (Å²) in [6.07, 6.45) is 0. The molecule has 0 aliphatic carbocycles. The van der Waals surface area contributed by atoms with Crippen LogP contribution in [0.15, 0.2) is 48.5 Å². The van der Waals surface area contributed by atoms with Crippen LogP contribution in [-0.4, -0.2) is 10.5 Å². The van der Waals surface area contributed by atoms with Gasteiger partial charge in [0.25, 0.3) is 10.5 Å². The van der Waals surface area contributed by atoms with Crippen LogP contribution >= 0.6 is 23.2 Å². The second-order valence-electron chi connectivity index (χ2n) is 6.49. The molecule has 0 saturated heterocycles. The molecule has 0 fully saturated rings. The summed E-state index contributed by atoms with van der Waals surface area (Å²) in [6.45, 7) is 4.02. The zero-order chi connectivity index (χ0) is 18.6. The molecule has 0 bridgehead atoms. The molecule has 0 unspecified atom stereocenters. The summed E-state index contributed by atoms with van der Waals surface area (Å²) in [5, 5.41) is 4.32. The maximum Gasteiger partial charge on any atom is 0.253 e. The van der Waals surface area contributed by atoms with Gasteiger partial charge in [0.15, 0.2) is 0 Å². The fraction of sp³-hybridized carbons (Fsp3) is 0.0909. The third-order valence-electron chi connectivity index (χ3n) is 4.94. The van der Waals surface area contributed by atoms with Crippen LogP contribution in [0.3, 0.4) is 0 Å². The molecule has 0 radical (unpaired) electrons. The van der Waals surface area contributed by atoms with Gasteiger partial charge in [-0.2, -0.15) is 0 Å². The Balaban J connectivity index is 2.42. The number of benzene rings is 4. The molecule has 0 heterocycles. The van der Waals surface area contributed by atoms with E-state index in [4.69, 9.17) is 23.2 Å². The lowest BCUT2D eigenvalue weighted by Gasteiger charge is -2.16. The molecular weight excluding hydrogens is 367 g/mol. The monoisotopic (exact) mass is 380 g/mol. The molecule has 4 rings (SSSR count). The average Bonchev–Trinajstić information content (AvgIpc) is 2.60. The van der Waals surface area contributed by atoms with Crippen LogP contribution in [0.25, 0.3) is 32.3 Å². The van der Waals surface area contributed by atoms with Crippen molar-refractivity contribution >= 4 is 66.0 Å². The number of rotatable bonds is 2. The third-order valence-corrected chi connectivity index (χ3v) is 5.34. The average molecular weight is 381 g/mol. The van der Waals surface area contributed by atoms with Gasteiger partial charge in [-0.05, 0) is 92.6 Å². The predicted octanol–water partition coefficient (Wildman–Crippen LogP) is 6.52. The molecule has 4 aromatic carbocycles. The summed E-state index contributed by atoms with van der Waals surface area (Å²) in [6, 6.07) is 15.2. The van der Waals surface area contributed by atoms with Gasteiger partial charge in [0, 0.05) is 11.1 Å². The minimum atomic E-state index is -0.522. The molecule has 0 aliphatic rings. The van der Waals surface area contributed by atoms with Crippen molar-refractivity contribution in [1.82, 2.24) is 0 Å². The van der Waals surface area contributed by atoms with E-state index in [-0.39, 0.29) is 0 Å². The number of hydrogen-bond acceptors (Lipinski definition) is 2. The second kappa shape index (κ2) is 6.08. The largest absolute Gasteiger partial charge is 0.276 e. The summed E-state index contributed by atoms with van der Waals surface area (Å²) >= 11 is 11.7. The van der Waals surface area contributed by atoms with E-state index in [0.717, 1.165) is 43.4 Å². The standard InChI is InChI=1S/C22H14Cl2O2/c1-11-5-3-7-14-16(21(23)25)9-13-10-17(22(24)26)15-8-4-6-12(2)19(15)20(13)18(11)14/h3-10H,1-2H3. The zero-order valence-electron chi connectivity index (χ0n) is 14.2. The topological polar surface area (TPSA) is 34.1 Å². The lowest BCUT2D eigenvalue weighted by atomic mass is 9.88. The second-order valence-corrected chi connectivity index (χ2v) is 7.18. The van der Waals surface area contributed by atoms with Gasteiger partial charge in [-0.1, -0.05) is 36.4 Å². The smallest absolute Gasteiger partial charge is 0.253 e. The zero-order valence-corrected chi connectivity index (χ0v) is 15.7. The Bertz CT molecular complexity index is 1160. The van der Waals surface area contributed by atoms with Crippen LogP contribution < -0.4 is 0 Å². The van der Waals surface area contributed by atoms with Crippen molar-refractivity contribution in [3.8, 4) is 0 Å². The van der Waals surface area contributed by atoms with Gasteiger partial charge in [-0.3, -0.25) is 9.59 Å². The van der Waals surface area contributed by atoms with Gasteiger partial charge in [0.1, 0.15) is 0 Å². The minimum Gasteiger partial charge on any atom is -0.276 e.